The summed E-state index contributed by atoms with van der Waals surface area (Å²) in [5.41, 5.74) is 11.2. The molecule has 1 amide bonds. The lowest BCUT2D eigenvalue weighted by Crippen LogP contribution is -2.21. The number of anilines is 2. The molecule has 1 aromatic rings. The number of rotatable bonds is 6. The first kappa shape index (κ1) is 15.3. The fraction of sp³-hybridized carbons (Fsp3) is 0.455. The van der Waals surface area contributed by atoms with Crippen LogP contribution in [-0.4, -0.2) is 38.7 Å². The number of amides is 1. The molecule has 0 fully saturated rings. The van der Waals surface area contributed by atoms with E-state index in [0.29, 0.717) is 11.6 Å². The number of primary amides is 1. The van der Waals surface area contributed by atoms with Gasteiger partial charge < -0.3 is 26.3 Å². The largest absolute Gasteiger partial charge is 0.465 e. The molecule has 0 spiro atoms. The highest BCUT2D eigenvalue weighted by Gasteiger charge is 2.25. The average Bonchev–Trinajstić information content (AvgIpc) is 2.65. The molecule has 8 heteroatoms. The Kier molecular flexibility index (Phi) is 5.13. The molecule has 0 aliphatic heterocycles. The van der Waals surface area contributed by atoms with Gasteiger partial charge in [-0.2, -0.15) is 0 Å². The Labute approximate surface area is 114 Å². The van der Waals surface area contributed by atoms with Crippen LogP contribution in [0.5, 0.6) is 0 Å². The minimum absolute atomic E-state index is 0.0384. The van der Waals surface area contributed by atoms with Crippen LogP contribution >= 0.6 is 11.3 Å². The van der Waals surface area contributed by atoms with Crippen molar-refractivity contribution in [3.8, 4) is 0 Å². The first-order chi connectivity index (χ1) is 8.92. The lowest BCUT2D eigenvalue weighted by molar-refractivity contribution is 0.0603. The fourth-order valence-corrected chi connectivity index (χ4v) is 2.62. The maximum atomic E-state index is 11.7. The van der Waals surface area contributed by atoms with Gasteiger partial charge in [0.1, 0.15) is 15.4 Å². The molecule has 0 aliphatic carbocycles. The number of hydrogen-bond donors (Lipinski definition) is 3. The van der Waals surface area contributed by atoms with E-state index in [1.807, 2.05) is 6.92 Å². The molecule has 1 rings (SSSR count). The Morgan fingerprint density at radius 3 is 2.53 bits per heavy atom. The summed E-state index contributed by atoms with van der Waals surface area (Å²) >= 11 is 1.03. The van der Waals surface area contributed by atoms with Gasteiger partial charge in [-0.3, -0.25) is 4.79 Å². The Hall–Kier alpha value is -1.80. The predicted octanol–water partition coefficient (Wildman–Crippen LogP) is 0.663. The molecule has 1 unspecified atom stereocenters. The molecule has 5 N–H and O–H groups in total. The summed E-state index contributed by atoms with van der Waals surface area (Å²) in [7, 11) is 2.81. The molecule has 19 heavy (non-hydrogen) atoms. The molecular weight excluding hydrogens is 270 g/mol. The van der Waals surface area contributed by atoms with Crippen LogP contribution < -0.4 is 16.8 Å². The van der Waals surface area contributed by atoms with E-state index in [1.54, 1.807) is 7.11 Å². The number of carbonyl (C=O) groups is 2. The van der Waals surface area contributed by atoms with Crippen LogP contribution in [0, 0.1) is 0 Å². The van der Waals surface area contributed by atoms with Gasteiger partial charge in [-0.15, -0.1) is 11.3 Å². The summed E-state index contributed by atoms with van der Waals surface area (Å²) in [6, 6.07) is -0.0628. The topological polar surface area (TPSA) is 117 Å². The number of methoxy groups -OCH3 is 2. The van der Waals surface area contributed by atoms with Gasteiger partial charge in [0.25, 0.3) is 5.91 Å². The van der Waals surface area contributed by atoms with Crippen LogP contribution in [0.1, 0.15) is 27.0 Å². The van der Waals surface area contributed by atoms with E-state index < -0.39 is 11.9 Å². The predicted molar refractivity (Wildman–Crippen MR) is 73.5 cm³/mol. The number of nitrogens with two attached hydrogens (primary N) is 2. The third-order valence-electron chi connectivity index (χ3n) is 2.35. The zero-order valence-electron chi connectivity index (χ0n) is 11.0. The van der Waals surface area contributed by atoms with E-state index in [4.69, 9.17) is 16.2 Å². The molecule has 1 atom stereocenters. The smallest absolute Gasteiger partial charge is 0.343 e. The number of nitrogens with one attached hydrogen (secondary N) is 1. The lowest BCUT2D eigenvalue weighted by atomic mass is 10.2. The van der Waals surface area contributed by atoms with Gasteiger partial charge in [0.15, 0.2) is 0 Å². The zero-order chi connectivity index (χ0) is 14.6. The van der Waals surface area contributed by atoms with Crippen molar-refractivity contribution in [2.24, 2.45) is 5.73 Å². The van der Waals surface area contributed by atoms with Gasteiger partial charge in [0.05, 0.1) is 19.4 Å². The van der Waals surface area contributed by atoms with Crippen LogP contribution in [0.15, 0.2) is 0 Å². The fourth-order valence-electron chi connectivity index (χ4n) is 1.55. The minimum Gasteiger partial charge on any atom is -0.465 e. The van der Waals surface area contributed by atoms with Crippen LogP contribution in [0.25, 0.3) is 0 Å². The molecule has 1 heterocycles. The Morgan fingerprint density at radius 1 is 1.42 bits per heavy atom. The van der Waals surface area contributed by atoms with Crippen molar-refractivity contribution in [3.05, 3.63) is 10.4 Å². The summed E-state index contributed by atoms with van der Waals surface area (Å²) in [6.07, 6.45) is 0. The van der Waals surface area contributed by atoms with E-state index in [-0.39, 0.29) is 22.2 Å². The minimum atomic E-state index is -0.680. The monoisotopic (exact) mass is 287 g/mol. The summed E-state index contributed by atoms with van der Waals surface area (Å²) < 4.78 is 9.65. The Morgan fingerprint density at radius 2 is 2.05 bits per heavy atom. The highest BCUT2D eigenvalue weighted by molar-refractivity contribution is 7.19. The number of nitrogen functional groups attached to an aromatic ring is 1. The number of thiophene rings is 1. The molecule has 0 aliphatic rings. The van der Waals surface area contributed by atoms with E-state index in [0.717, 1.165) is 11.3 Å². The molecule has 106 valence electrons. The molecular formula is C11H17N3O4S. The summed E-state index contributed by atoms with van der Waals surface area (Å²) in [5, 5.41) is 3.49. The second-order valence-electron chi connectivity index (χ2n) is 3.91. The SMILES string of the molecule is COCC(C)Nc1sc(C(N)=O)c(N)c1C(=O)OC. The average molecular weight is 287 g/mol. The third kappa shape index (κ3) is 3.36. The van der Waals surface area contributed by atoms with Crippen molar-refractivity contribution in [1.29, 1.82) is 0 Å². The van der Waals surface area contributed by atoms with E-state index in [9.17, 15) is 9.59 Å². The molecule has 0 bridgehead atoms. The second-order valence-corrected chi connectivity index (χ2v) is 4.93. The van der Waals surface area contributed by atoms with Gasteiger partial charge in [0.2, 0.25) is 0 Å². The van der Waals surface area contributed by atoms with Gasteiger partial charge in [-0.25, -0.2) is 4.79 Å². The maximum Gasteiger partial charge on any atom is 0.343 e. The maximum absolute atomic E-state index is 11.7. The first-order valence-corrected chi connectivity index (χ1v) is 6.29. The van der Waals surface area contributed by atoms with Gasteiger partial charge in [0, 0.05) is 13.2 Å². The number of carbonyl (C=O) groups excluding carboxylic acids is 2. The third-order valence-corrected chi connectivity index (χ3v) is 3.50. The van der Waals surface area contributed by atoms with Gasteiger partial charge in [-0.1, -0.05) is 0 Å². The summed E-state index contributed by atoms with van der Waals surface area (Å²) in [6.45, 7) is 2.30. The first-order valence-electron chi connectivity index (χ1n) is 5.48. The van der Waals surface area contributed by atoms with Crippen LogP contribution in [0.2, 0.25) is 0 Å². The molecule has 7 nitrogen and oxygen atoms in total. The Bertz CT molecular complexity index is 487. The van der Waals surface area contributed by atoms with Crippen LogP contribution in [-0.2, 0) is 9.47 Å². The number of esters is 1. The van der Waals surface area contributed by atoms with Crippen molar-refractivity contribution in [3.63, 3.8) is 0 Å². The van der Waals surface area contributed by atoms with E-state index >= 15 is 0 Å². The Balaban J connectivity index is 3.17. The van der Waals surface area contributed by atoms with Crippen molar-refractivity contribution < 1.29 is 19.1 Å². The summed E-state index contributed by atoms with van der Waals surface area (Å²) in [4.78, 5) is 23.1. The molecule has 0 radical (unpaired) electrons. The van der Waals surface area contributed by atoms with Crippen molar-refractivity contribution in [2.75, 3.05) is 31.9 Å². The van der Waals surface area contributed by atoms with Crippen LogP contribution in [0.3, 0.4) is 0 Å². The number of hydrogen-bond acceptors (Lipinski definition) is 7. The number of ether oxygens (including phenoxy) is 2. The highest BCUT2D eigenvalue weighted by atomic mass is 32.1. The van der Waals surface area contributed by atoms with Crippen molar-refractivity contribution >= 4 is 33.9 Å². The second kappa shape index (κ2) is 6.39. The molecule has 0 saturated carbocycles. The standard InChI is InChI=1S/C11H17N3O4S/c1-5(4-17-2)14-10-6(11(16)18-3)7(12)8(19-10)9(13)15/h5,14H,4,12H2,1-3H3,(H2,13,15). The van der Waals surface area contributed by atoms with Gasteiger partial charge >= 0.3 is 5.97 Å². The quantitative estimate of drug-likeness (QED) is 0.662. The molecule has 0 saturated heterocycles. The summed E-state index contributed by atoms with van der Waals surface area (Å²) in [5.74, 6) is -1.30. The zero-order valence-corrected chi connectivity index (χ0v) is 11.8. The molecule has 1 aromatic heterocycles. The normalized spacial score (nSPS) is 11.9. The highest BCUT2D eigenvalue weighted by Crippen LogP contribution is 2.36. The van der Waals surface area contributed by atoms with Crippen molar-refractivity contribution in [1.82, 2.24) is 0 Å². The van der Waals surface area contributed by atoms with Crippen molar-refractivity contribution in [2.45, 2.75) is 13.0 Å². The van der Waals surface area contributed by atoms with Crippen LogP contribution in [0.4, 0.5) is 10.7 Å². The van der Waals surface area contributed by atoms with E-state index in [2.05, 4.69) is 10.1 Å². The van der Waals surface area contributed by atoms with Gasteiger partial charge in [-0.05, 0) is 6.92 Å². The molecule has 0 aromatic carbocycles. The van der Waals surface area contributed by atoms with E-state index in [1.165, 1.54) is 7.11 Å². The lowest BCUT2D eigenvalue weighted by Gasteiger charge is -2.13.